The standard InChI is InChI=1S/C21H25NO4S/c1-21(2,24)15-10-20(26-12-15)27(25)22-19(23)11-18-16-7-3-5-13(16)9-14-6-4-8-17(14)18/h9-10,12,24H,3-8,11H2,1-2H3,(H,22,23). The maximum atomic E-state index is 12.6. The van der Waals surface area contributed by atoms with Crippen LogP contribution < -0.4 is 4.72 Å². The zero-order valence-electron chi connectivity index (χ0n) is 15.8. The van der Waals surface area contributed by atoms with E-state index < -0.39 is 17.0 Å². The van der Waals surface area contributed by atoms with Crippen LogP contribution in [0.4, 0.5) is 0 Å². The molecule has 2 aliphatic carbocycles. The Hall–Kier alpha value is -1.76. The van der Waals surface area contributed by atoms with E-state index in [2.05, 4.69) is 10.8 Å². The molecule has 144 valence electrons. The molecule has 1 atom stereocenters. The van der Waals surface area contributed by atoms with Crippen LogP contribution in [0.2, 0.25) is 0 Å². The van der Waals surface area contributed by atoms with Gasteiger partial charge in [0.1, 0.15) is 17.6 Å². The number of benzene rings is 1. The van der Waals surface area contributed by atoms with E-state index in [0.717, 1.165) is 44.1 Å². The molecule has 27 heavy (non-hydrogen) atoms. The van der Waals surface area contributed by atoms with E-state index >= 15 is 0 Å². The van der Waals surface area contributed by atoms with Crippen LogP contribution in [0.15, 0.2) is 27.9 Å². The van der Waals surface area contributed by atoms with Gasteiger partial charge < -0.3 is 14.1 Å². The number of fused-ring (bicyclic) bond motifs is 2. The first-order valence-electron chi connectivity index (χ1n) is 9.51. The van der Waals surface area contributed by atoms with E-state index in [1.807, 2.05) is 0 Å². The topological polar surface area (TPSA) is 85.5 Å². The Morgan fingerprint density at radius 2 is 1.81 bits per heavy atom. The lowest BCUT2D eigenvalue weighted by atomic mass is 9.92. The quantitative estimate of drug-likeness (QED) is 0.773. The summed E-state index contributed by atoms with van der Waals surface area (Å²) < 4.78 is 20.3. The first kappa shape index (κ1) is 18.6. The van der Waals surface area contributed by atoms with Crippen molar-refractivity contribution in [3.05, 3.63) is 51.8 Å². The lowest BCUT2D eigenvalue weighted by molar-refractivity contribution is -0.118. The van der Waals surface area contributed by atoms with E-state index in [9.17, 15) is 14.5 Å². The zero-order chi connectivity index (χ0) is 19.2. The third-order valence-corrected chi connectivity index (χ3v) is 6.60. The van der Waals surface area contributed by atoms with Crippen molar-refractivity contribution in [2.24, 2.45) is 0 Å². The van der Waals surface area contributed by atoms with Crippen LogP contribution in [0.25, 0.3) is 0 Å². The molecule has 0 bridgehead atoms. The minimum atomic E-state index is -1.78. The number of carbonyl (C=O) groups excluding carboxylic acids is 1. The normalized spacial score (nSPS) is 16.9. The molecular formula is C21H25NO4S. The van der Waals surface area contributed by atoms with E-state index in [0.29, 0.717) is 5.56 Å². The number of aliphatic hydroxyl groups is 1. The highest BCUT2D eigenvalue weighted by molar-refractivity contribution is 7.89. The molecule has 0 saturated heterocycles. The van der Waals surface area contributed by atoms with Gasteiger partial charge in [-0.3, -0.25) is 4.79 Å². The van der Waals surface area contributed by atoms with Crippen LogP contribution in [0.3, 0.4) is 0 Å². The molecule has 1 aromatic carbocycles. The lowest BCUT2D eigenvalue weighted by Crippen LogP contribution is -2.32. The summed E-state index contributed by atoms with van der Waals surface area (Å²) in [6, 6.07) is 3.86. The number of hydrogen-bond acceptors (Lipinski definition) is 4. The second-order valence-corrected chi connectivity index (χ2v) is 9.17. The fraction of sp³-hybridized carbons (Fsp3) is 0.476. The number of rotatable bonds is 5. The third-order valence-electron chi connectivity index (χ3n) is 5.61. The maximum absolute atomic E-state index is 12.6. The van der Waals surface area contributed by atoms with Gasteiger partial charge in [0.2, 0.25) is 0 Å². The molecule has 0 fully saturated rings. The molecule has 1 heterocycles. The molecule has 5 nitrogen and oxygen atoms in total. The number of nitrogens with one attached hydrogen (secondary N) is 1. The average Bonchev–Trinajstić information content (AvgIpc) is 3.33. The molecule has 1 aromatic heterocycles. The van der Waals surface area contributed by atoms with Crippen molar-refractivity contribution in [2.75, 3.05) is 0 Å². The van der Waals surface area contributed by atoms with Gasteiger partial charge in [-0.05, 0) is 80.2 Å². The van der Waals surface area contributed by atoms with Crippen molar-refractivity contribution in [3.8, 4) is 0 Å². The summed E-state index contributed by atoms with van der Waals surface area (Å²) in [5.74, 6) is -0.260. The van der Waals surface area contributed by atoms with Crippen LogP contribution in [0, 0.1) is 0 Å². The summed E-state index contributed by atoms with van der Waals surface area (Å²) in [6.45, 7) is 3.25. The fourth-order valence-electron chi connectivity index (χ4n) is 4.23. The van der Waals surface area contributed by atoms with Crippen molar-refractivity contribution < 1.29 is 18.9 Å². The first-order valence-corrected chi connectivity index (χ1v) is 10.7. The average molecular weight is 388 g/mol. The second kappa shape index (κ2) is 7.00. The second-order valence-electron chi connectivity index (χ2n) is 8.02. The Labute approximate surface area is 162 Å². The molecule has 0 spiro atoms. The maximum Gasteiger partial charge on any atom is 0.338 e. The number of furan rings is 1. The molecule has 2 N–H and O–H groups in total. The molecular weight excluding hydrogens is 362 g/mol. The fourth-order valence-corrected chi connectivity index (χ4v) is 4.98. The van der Waals surface area contributed by atoms with Gasteiger partial charge in [-0.25, -0.2) is 0 Å². The molecule has 1 amide bonds. The molecule has 6 heteroatoms. The molecule has 0 aliphatic heterocycles. The van der Waals surface area contributed by atoms with Crippen molar-refractivity contribution in [2.45, 2.75) is 69.5 Å². The number of hydrogen-bond donors (Lipinski definition) is 2. The summed E-state index contributed by atoms with van der Waals surface area (Å²) in [7, 11) is 0. The van der Waals surface area contributed by atoms with Crippen molar-refractivity contribution in [1.82, 2.24) is 4.72 Å². The summed E-state index contributed by atoms with van der Waals surface area (Å²) >= 11 is -1.78. The Bertz CT molecular complexity index is 849. The Morgan fingerprint density at radius 1 is 1.19 bits per heavy atom. The number of aryl methyl sites for hydroxylation is 2. The number of carbonyl (C=O) groups is 1. The SMILES string of the molecule is CC(C)(O)c1coc([S+]([O-])NC(=O)Cc2c3c(cc4c2CCC4)CCC3)c1. The molecule has 1 unspecified atom stereocenters. The zero-order valence-corrected chi connectivity index (χ0v) is 16.6. The van der Waals surface area contributed by atoms with Gasteiger partial charge in [0.15, 0.2) is 0 Å². The molecule has 0 radical (unpaired) electrons. The monoisotopic (exact) mass is 387 g/mol. The highest BCUT2D eigenvalue weighted by atomic mass is 32.2. The van der Waals surface area contributed by atoms with Crippen LogP contribution >= 0.6 is 0 Å². The Morgan fingerprint density at radius 3 is 2.37 bits per heavy atom. The predicted molar refractivity (Wildman–Crippen MR) is 103 cm³/mol. The van der Waals surface area contributed by atoms with Gasteiger partial charge in [0.05, 0.1) is 12.0 Å². The van der Waals surface area contributed by atoms with Crippen molar-refractivity contribution in [3.63, 3.8) is 0 Å². The molecule has 4 rings (SSSR count). The van der Waals surface area contributed by atoms with Crippen LogP contribution in [0.1, 0.15) is 60.1 Å². The Balaban J connectivity index is 1.50. The summed E-state index contributed by atoms with van der Waals surface area (Å²) in [5.41, 5.74) is 6.04. The van der Waals surface area contributed by atoms with Crippen molar-refractivity contribution >= 4 is 17.3 Å². The predicted octanol–water partition coefficient (Wildman–Crippen LogP) is 2.87. The lowest BCUT2D eigenvalue weighted by Gasteiger charge is -2.15. The van der Waals surface area contributed by atoms with Gasteiger partial charge >= 0.3 is 5.09 Å². The van der Waals surface area contributed by atoms with E-state index in [-0.39, 0.29) is 17.4 Å². The van der Waals surface area contributed by atoms with E-state index in [4.69, 9.17) is 4.42 Å². The van der Waals surface area contributed by atoms with Crippen molar-refractivity contribution in [1.29, 1.82) is 0 Å². The highest BCUT2D eigenvalue weighted by Crippen LogP contribution is 2.35. The summed E-state index contributed by atoms with van der Waals surface area (Å²) in [6.07, 6.45) is 8.16. The smallest absolute Gasteiger partial charge is 0.338 e. The van der Waals surface area contributed by atoms with Gasteiger partial charge in [-0.2, -0.15) is 4.72 Å². The van der Waals surface area contributed by atoms with Crippen LogP contribution in [-0.2, 0) is 53.9 Å². The van der Waals surface area contributed by atoms with Crippen LogP contribution in [0.5, 0.6) is 0 Å². The molecule has 2 aromatic rings. The summed E-state index contributed by atoms with van der Waals surface area (Å²) in [5, 5.41) is 10.1. The Kier molecular flexibility index (Phi) is 4.82. The largest absolute Gasteiger partial charge is 0.585 e. The van der Waals surface area contributed by atoms with Gasteiger partial charge in [0.25, 0.3) is 5.91 Å². The number of amides is 1. The molecule has 2 aliphatic rings. The van der Waals surface area contributed by atoms with Gasteiger partial charge in [0, 0.05) is 11.6 Å². The molecule has 0 saturated carbocycles. The van der Waals surface area contributed by atoms with E-state index in [1.165, 1.54) is 34.6 Å². The first-order chi connectivity index (χ1) is 12.8. The summed E-state index contributed by atoms with van der Waals surface area (Å²) in [4.78, 5) is 12.6. The minimum Gasteiger partial charge on any atom is -0.585 e. The van der Waals surface area contributed by atoms with E-state index in [1.54, 1.807) is 13.8 Å². The highest BCUT2D eigenvalue weighted by Gasteiger charge is 2.28. The third kappa shape index (κ3) is 3.66. The van der Waals surface area contributed by atoms with Crippen LogP contribution in [-0.4, -0.2) is 15.6 Å². The van der Waals surface area contributed by atoms with Gasteiger partial charge in [-0.1, -0.05) is 6.07 Å². The minimum absolute atomic E-state index is 0.143. The van der Waals surface area contributed by atoms with Gasteiger partial charge in [-0.15, -0.1) is 0 Å².